The van der Waals surface area contributed by atoms with Crippen molar-refractivity contribution in [3.8, 4) is 34.0 Å². The van der Waals surface area contributed by atoms with Crippen molar-refractivity contribution in [1.82, 2.24) is 19.7 Å². The van der Waals surface area contributed by atoms with Crippen LogP contribution in [0.5, 0.6) is 0 Å². The zero-order valence-electron chi connectivity index (χ0n) is 17.5. The molecule has 3 aromatic heterocycles. The molecule has 0 saturated carbocycles. The Morgan fingerprint density at radius 3 is 2.76 bits per heavy atom. The molecule has 3 heterocycles. The molecule has 1 aliphatic rings. The van der Waals surface area contributed by atoms with Gasteiger partial charge in [-0.2, -0.15) is 10.4 Å². The number of benzene rings is 1. The summed E-state index contributed by atoms with van der Waals surface area (Å²) in [6.45, 7) is 2.53. The molecular weight excluding hydrogens is 429 g/mol. The van der Waals surface area contributed by atoms with Crippen LogP contribution in [0, 0.1) is 17.1 Å². The summed E-state index contributed by atoms with van der Waals surface area (Å²) in [7, 11) is 0. The Kier molecular flexibility index (Phi) is 5.05. The summed E-state index contributed by atoms with van der Waals surface area (Å²) >= 11 is 0. The number of hydrogen-bond donors (Lipinski definition) is 1. The van der Waals surface area contributed by atoms with Crippen molar-refractivity contribution in [1.29, 1.82) is 5.26 Å². The van der Waals surface area contributed by atoms with Crippen molar-refractivity contribution < 1.29 is 13.2 Å². The van der Waals surface area contributed by atoms with Gasteiger partial charge in [-0.05, 0) is 42.3 Å². The standard InChI is InChI=1S/C24H17F3N6/c1-2-30-20-7-15(25)6-17-16(20)8-21-22(17)23(33-4-3-19(32-33)24(26)27)18(12-31-21)14-5-13(9-28)10-29-11-14/h3-7,10-12,24,30H,2,8H2,1H3. The number of rotatable bonds is 5. The van der Waals surface area contributed by atoms with Gasteiger partial charge in [0, 0.05) is 60.1 Å². The summed E-state index contributed by atoms with van der Waals surface area (Å²) in [6, 6.07) is 7.81. The molecule has 0 spiro atoms. The Morgan fingerprint density at radius 2 is 2.03 bits per heavy atom. The topological polar surface area (TPSA) is 79.4 Å². The number of nitrogens with one attached hydrogen (secondary N) is 1. The lowest BCUT2D eigenvalue weighted by atomic mass is 9.98. The second-order valence-corrected chi connectivity index (χ2v) is 7.59. The maximum atomic E-state index is 14.6. The predicted molar refractivity (Wildman–Crippen MR) is 117 cm³/mol. The Balaban J connectivity index is 1.82. The highest BCUT2D eigenvalue weighted by Gasteiger charge is 2.30. The predicted octanol–water partition coefficient (Wildman–Crippen LogP) is 5.28. The first kappa shape index (κ1) is 20.7. The molecule has 0 aliphatic heterocycles. The summed E-state index contributed by atoms with van der Waals surface area (Å²) in [5.74, 6) is -0.421. The van der Waals surface area contributed by atoms with Gasteiger partial charge in [-0.1, -0.05) is 0 Å². The van der Waals surface area contributed by atoms with Gasteiger partial charge in [0.15, 0.2) is 0 Å². The minimum atomic E-state index is -2.74. The van der Waals surface area contributed by atoms with Crippen molar-refractivity contribution in [3.05, 3.63) is 77.4 Å². The molecule has 1 aliphatic carbocycles. The normalized spacial score (nSPS) is 11.9. The van der Waals surface area contributed by atoms with Gasteiger partial charge < -0.3 is 5.32 Å². The third-order valence-electron chi connectivity index (χ3n) is 5.57. The van der Waals surface area contributed by atoms with E-state index in [1.54, 1.807) is 18.5 Å². The number of nitriles is 1. The molecule has 1 aromatic carbocycles. The van der Waals surface area contributed by atoms with Gasteiger partial charge in [0.05, 0.1) is 16.9 Å². The number of alkyl halides is 2. The molecule has 0 bridgehead atoms. The van der Waals surface area contributed by atoms with Gasteiger partial charge in [0.2, 0.25) is 0 Å². The van der Waals surface area contributed by atoms with Crippen molar-refractivity contribution in [2.45, 2.75) is 19.8 Å². The van der Waals surface area contributed by atoms with Crippen molar-refractivity contribution in [2.75, 3.05) is 11.9 Å². The average molecular weight is 446 g/mol. The molecule has 0 fully saturated rings. The van der Waals surface area contributed by atoms with Gasteiger partial charge in [-0.3, -0.25) is 9.97 Å². The van der Waals surface area contributed by atoms with Crippen LogP contribution in [-0.2, 0) is 6.42 Å². The lowest BCUT2D eigenvalue weighted by molar-refractivity contribution is 0.145. The third kappa shape index (κ3) is 3.49. The molecule has 6 nitrogen and oxygen atoms in total. The third-order valence-corrected chi connectivity index (χ3v) is 5.57. The molecule has 0 amide bonds. The molecule has 5 rings (SSSR count). The summed E-state index contributed by atoms with van der Waals surface area (Å²) < 4.78 is 42.6. The van der Waals surface area contributed by atoms with E-state index in [2.05, 4.69) is 20.4 Å². The largest absolute Gasteiger partial charge is 0.385 e. The quantitative estimate of drug-likeness (QED) is 0.397. The molecular formula is C24H17F3N6. The van der Waals surface area contributed by atoms with Crippen LogP contribution < -0.4 is 5.32 Å². The van der Waals surface area contributed by atoms with Crippen LogP contribution in [0.3, 0.4) is 0 Å². The molecule has 0 radical (unpaired) electrons. The minimum Gasteiger partial charge on any atom is -0.385 e. The highest BCUT2D eigenvalue weighted by Crippen LogP contribution is 2.46. The SMILES string of the molecule is CCNc1cc(F)cc2c1Cc1ncc(-c3cncc(C#N)c3)c(-n3ccc(C(F)F)n3)c1-2. The number of nitrogens with zero attached hydrogens (tertiary/aromatic N) is 5. The highest BCUT2D eigenvalue weighted by molar-refractivity contribution is 5.92. The van der Waals surface area contributed by atoms with E-state index in [0.29, 0.717) is 57.9 Å². The van der Waals surface area contributed by atoms with E-state index in [4.69, 9.17) is 0 Å². The fourth-order valence-corrected chi connectivity index (χ4v) is 4.20. The number of fused-ring (bicyclic) bond motifs is 3. The number of pyridine rings is 2. The minimum absolute atomic E-state index is 0.341. The van der Waals surface area contributed by atoms with Gasteiger partial charge in [-0.15, -0.1) is 0 Å². The van der Waals surface area contributed by atoms with Crippen LogP contribution in [0.15, 0.2) is 49.1 Å². The number of aromatic nitrogens is 4. The Morgan fingerprint density at radius 1 is 1.18 bits per heavy atom. The van der Waals surface area contributed by atoms with E-state index >= 15 is 0 Å². The molecule has 0 atom stereocenters. The summed E-state index contributed by atoms with van der Waals surface area (Å²) in [6.07, 6.45) is 3.78. The van der Waals surface area contributed by atoms with Crippen molar-refractivity contribution in [2.24, 2.45) is 0 Å². The average Bonchev–Trinajstić information content (AvgIpc) is 3.44. The summed E-state index contributed by atoms with van der Waals surface area (Å²) in [5, 5.41) is 16.6. The van der Waals surface area contributed by atoms with Crippen LogP contribution in [0.1, 0.15) is 35.9 Å². The van der Waals surface area contributed by atoms with E-state index < -0.39 is 12.2 Å². The molecule has 164 valence electrons. The van der Waals surface area contributed by atoms with Crippen LogP contribution in [0.4, 0.5) is 18.9 Å². The van der Waals surface area contributed by atoms with Crippen molar-refractivity contribution in [3.63, 3.8) is 0 Å². The van der Waals surface area contributed by atoms with E-state index in [0.717, 1.165) is 5.56 Å². The van der Waals surface area contributed by atoms with Gasteiger partial charge >= 0.3 is 0 Å². The first-order valence-electron chi connectivity index (χ1n) is 10.3. The second kappa shape index (κ2) is 8.06. The zero-order valence-corrected chi connectivity index (χ0v) is 17.5. The fourth-order valence-electron chi connectivity index (χ4n) is 4.20. The zero-order chi connectivity index (χ0) is 23.1. The lowest BCUT2D eigenvalue weighted by Crippen LogP contribution is -2.04. The van der Waals surface area contributed by atoms with Crippen molar-refractivity contribution >= 4 is 5.69 Å². The molecule has 33 heavy (non-hydrogen) atoms. The highest BCUT2D eigenvalue weighted by atomic mass is 19.3. The first-order valence-corrected chi connectivity index (χ1v) is 10.3. The monoisotopic (exact) mass is 446 g/mol. The van der Waals surface area contributed by atoms with Crippen LogP contribution in [0.25, 0.3) is 27.9 Å². The Labute approximate surface area is 187 Å². The van der Waals surface area contributed by atoms with E-state index in [-0.39, 0.29) is 5.69 Å². The maximum Gasteiger partial charge on any atom is 0.282 e. The van der Waals surface area contributed by atoms with Crippen LogP contribution in [0.2, 0.25) is 0 Å². The maximum absolute atomic E-state index is 14.6. The molecule has 0 unspecified atom stereocenters. The Bertz CT molecular complexity index is 1420. The Hall–Kier alpha value is -4.19. The summed E-state index contributed by atoms with van der Waals surface area (Å²) in [5.41, 5.74) is 5.05. The first-order chi connectivity index (χ1) is 16.0. The molecule has 9 heteroatoms. The number of halogens is 3. The fraction of sp³-hybridized carbons (Fsp3) is 0.167. The lowest BCUT2D eigenvalue weighted by Gasteiger charge is -2.16. The van der Waals surface area contributed by atoms with E-state index in [9.17, 15) is 18.4 Å². The van der Waals surface area contributed by atoms with Crippen LogP contribution >= 0.6 is 0 Å². The molecule has 1 N–H and O–H groups in total. The number of anilines is 1. The van der Waals surface area contributed by atoms with Gasteiger partial charge in [-0.25, -0.2) is 17.9 Å². The number of hydrogen-bond acceptors (Lipinski definition) is 5. The van der Waals surface area contributed by atoms with Crippen LogP contribution in [-0.4, -0.2) is 26.3 Å². The van der Waals surface area contributed by atoms with Gasteiger partial charge in [0.25, 0.3) is 6.43 Å². The van der Waals surface area contributed by atoms with E-state index in [1.807, 2.05) is 13.0 Å². The van der Waals surface area contributed by atoms with E-state index in [1.165, 1.54) is 35.3 Å². The molecule has 4 aromatic rings. The summed E-state index contributed by atoms with van der Waals surface area (Å²) in [4.78, 5) is 8.74. The second-order valence-electron chi connectivity index (χ2n) is 7.59. The van der Waals surface area contributed by atoms with Gasteiger partial charge in [0.1, 0.15) is 17.6 Å². The smallest absolute Gasteiger partial charge is 0.282 e. The molecule has 0 saturated heterocycles.